The number of Topliss-reactive ketones (excluding diaryl/α,β-unsaturated/α-hetero) is 1. The lowest BCUT2D eigenvalue weighted by molar-refractivity contribution is 0.101. The highest BCUT2D eigenvalue weighted by atomic mass is 32.2. The molecular formula is C20H21N3O3S. The number of imidazole rings is 1. The van der Waals surface area contributed by atoms with Crippen LogP contribution in [0.5, 0.6) is 0 Å². The van der Waals surface area contributed by atoms with Crippen LogP contribution in [0.2, 0.25) is 0 Å². The largest absolute Gasteiger partial charge is 0.331 e. The van der Waals surface area contributed by atoms with Gasteiger partial charge in [0.15, 0.2) is 5.78 Å². The molecule has 140 valence electrons. The number of benzene rings is 2. The maximum absolute atomic E-state index is 12.3. The zero-order valence-electron chi connectivity index (χ0n) is 15.0. The van der Waals surface area contributed by atoms with Crippen molar-refractivity contribution in [3.8, 4) is 11.4 Å². The monoisotopic (exact) mass is 383 g/mol. The summed E-state index contributed by atoms with van der Waals surface area (Å²) in [5.74, 6) is 0.764. The Morgan fingerprint density at radius 3 is 2.44 bits per heavy atom. The van der Waals surface area contributed by atoms with E-state index in [1.54, 1.807) is 6.20 Å². The van der Waals surface area contributed by atoms with E-state index in [2.05, 4.69) is 9.71 Å². The van der Waals surface area contributed by atoms with Crippen LogP contribution in [0.15, 0.2) is 71.9 Å². The maximum Gasteiger partial charge on any atom is 0.240 e. The first-order chi connectivity index (χ1) is 13.0. The van der Waals surface area contributed by atoms with Gasteiger partial charge >= 0.3 is 0 Å². The lowest BCUT2D eigenvalue weighted by Gasteiger charge is -2.10. The minimum atomic E-state index is -3.59. The molecule has 0 atom stereocenters. The standard InChI is InChI=1S/C20H21N3O3S/c1-16(24)17-8-10-19(11-9-17)27(25,26)22-12-5-14-23-15-13-21-20(23)18-6-3-2-4-7-18/h2-4,6-11,13,15,22H,5,12,14H2,1H3. The molecular weight excluding hydrogens is 362 g/mol. The molecule has 0 saturated carbocycles. The smallest absolute Gasteiger partial charge is 0.240 e. The average molecular weight is 383 g/mol. The Labute approximate surface area is 158 Å². The Kier molecular flexibility index (Phi) is 5.83. The molecule has 0 aliphatic carbocycles. The van der Waals surface area contributed by atoms with Crippen molar-refractivity contribution in [1.29, 1.82) is 0 Å². The van der Waals surface area contributed by atoms with E-state index >= 15 is 0 Å². The Balaban J connectivity index is 1.57. The van der Waals surface area contributed by atoms with Crippen LogP contribution >= 0.6 is 0 Å². The van der Waals surface area contributed by atoms with E-state index in [-0.39, 0.29) is 10.7 Å². The molecule has 1 N–H and O–H groups in total. The topological polar surface area (TPSA) is 81.1 Å². The van der Waals surface area contributed by atoms with Gasteiger partial charge < -0.3 is 4.57 Å². The van der Waals surface area contributed by atoms with Gasteiger partial charge in [0, 0.05) is 36.6 Å². The molecule has 27 heavy (non-hydrogen) atoms. The number of aromatic nitrogens is 2. The maximum atomic E-state index is 12.3. The van der Waals surface area contributed by atoms with Gasteiger partial charge in [-0.15, -0.1) is 0 Å². The van der Waals surface area contributed by atoms with Crippen LogP contribution in [0.3, 0.4) is 0 Å². The number of nitrogens with zero attached hydrogens (tertiary/aromatic N) is 2. The molecule has 0 bridgehead atoms. The number of carbonyl (C=O) groups excluding carboxylic acids is 1. The number of rotatable bonds is 8. The second-order valence-electron chi connectivity index (χ2n) is 6.14. The summed E-state index contributed by atoms with van der Waals surface area (Å²) in [4.78, 5) is 15.8. The van der Waals surface area contributed by atoms with Crippen molar-refractivity contribution in [2.45, 2.75) is 24.8 Å². The molecule has 0 fully saturated rings. The van der Waals surface area contributed by atoms with E-state index < -0.39 is 10.0 Å². The summed E-state index contributed by atoms with van der Waals surface area (Å²) >= 11 is 0. The van der Waals surface area contributed by atoms with E-state index in [0.29, 0.717) is 25.1 Å². The van der Waals surface area contributed by atoms with Crippen molar-refractivity contribution in [2.24, 2.45) is 0 Å². The fourth-order valence-electron chi connectivity index (χ4n) is 2.75. The molecule has 2 aromatic carbocycles. The van der Waals surface area contributed by atoms with Crippen molar-refractivity contribution >= 4 is 15.8 Å². The molecule has 3 rings (SSSR count). The fourth-order valence-corrected chi connectivity index (χ4v) is 3.82. The highest BCUT2D eigenvalue weighted by Gasteiger charge is 2.14. The van der Waals surface area contributed by atoms with Gasteiger partial charge in [-0.05, 0) is 25.5 Å². The number of nitrogens with one attached hydrogen (secondary N) is 1. The molecule has 0 spiro atoms. The molecule has 1 heterocycles. The van der Waals surface area contributed by atoms with Crippen molar-refractivity contribution in [3.05, 3.63) is 72.6 Å². The summed E-state index contributed by atoms with van der Waals surface area (Å²) in [5.41, 5.74) is 1.51. The average Bonchev–Trinajstić information content (AvgIpc) is 3.14. The third-order valence-electron chi connectivity index (χ3n) is 4.19. The van der Waals surface area contributed by atoms with E-state index in [0.717, 1.165) is 11.4 Å². The number of carbonyl (C=O) groups is 1. The second kappa shape index (κ2) is 8.28. The number of hydrogen-bond donors (Lipinski definition) is 1. The molecule has 7 heteroatoms. The molecule has 0 amide bonds. The predicted molar refractivity (Wildman–Crippen MR) is 104 cm³/mol. The number of ketones is 1. The van der Waals surface area contributed by atoms with Crippen LogP contribution in [-0.2, 0) is 16.6 Å². The number of sulfonamides is 1. The minimum Gasteiger partial charge on any atom is -0.331 e. The van der Waals surface area contributed by atoms with E-state index in [4.69, 9.17) is 0 Å². The van der Waals surface area contributed by atoms with Crippen LogP contribution in [-0.4, -0.2) is 30.3 Å². The van der Waals surface area contributed by atoms with E-state index in [1.165, 1.54) is 31.2 Å². The van der Waals surface area contributed by atoms with Gasteiger partial charge in [0.25, 0.3) is 0 Å². The van der Waals surface area contributed by atoms with Gasteiger partial charge in [0.05, 0.1) is 4.90 Å². The van der Waals surface area contributed by atoms with Crippen LogP contribution in [0.4, 0.5) is 0 Å². The highest BCUT2D eigenvalue weighted by Crippen LogP contribution is 2.17. The first-order valence-electron chi connectivity index (χ1n) is 8.64. The van der Waals surface area contributed by atoms with Crippen LogP contribution in [0.1, 0.15) is 23.7 Å². The lowest BCUT2D eigenvalue weighted by atomic mass is 10.2. The Hall–Kier alpha value is -2.77. The van der Waals surface area contributed by atoms with Gasteiger partial charge in [-0.3, -0.25) is 4.79 Å². The van der Waals surface area contributed by atoms with Gasteiger partial charge in [0.1, 0.15) is 5.82 Å². The van der Waals surface area contributed by atoms with Crippen LogP contribution in [0.25, 0.3) is 11.4 Å². The molecule has 0 radical (unpaired) electrons. The fraction of sp³-hybridized carbons (Fsp3) is 0.200. The van der Waals surface area contributed by atoms with E-state index in [1.807, 2.05) is 41.1 Å². The highest BCUT2D eigenvalue weighted by molar-refractivity contribution is 7.89. The Morgan fingerprint density at radius 1 is 1.07 bits per heavy atom. The SMILES string of the molecule is CC(=O)c1ccc(S(=O)(=O)NCCCn2ccnc2-c2ccccc2)cc1. The van der Waals surface area contributed by atoms with Crippen LogP contribution in [0, 0.1) is 0 Å². The molecule has 1 aromatic heterocycles. The molecule has 3 aromatic rings. The zero-order chi connectivity index (χ0) is 19.3. The van der Waals surface area contributed by atoms with Gasteiger partial charge in [-0.2, -0.15) is 0 Å². The lowest BCUT2D eigenvalue weighted by Crippen LogP contribution is -2.25. The van der Waals surface area contributed by atoms with Crippen molar-refractivity contribution in [3.63, 3.8) is 0 Å². The number of hydrogen-bond acceptors (Lipinski definition) is 4. The summed E-state index contributed by atoms with van der Waals surface area (Å²) in [6.45, 7) is 2.40. The van der Waals surface area contributed by atoms with E-state index in [9.17, 15) is 13.2 Å². The molecule has 0 saturated heterocycles. The first-order valence-corrected chi connectivity index (χ1v) is 10.1. The van der Waals surface area contributed by atoms with Crippen molar-refractivity contribution in [2.75, 3.05) is 6.54 Å². The molecule has 0 aliphatic rings. The zero-order valence-corrected chi connectivity index (χ0v) is 15.8. The predicted octanol–water partition coefficient (Wildman–Crippen LogP) is 3.12. The summed E-state index contributed by atoms with van der Waals surface area (Å²) in [6, 6.07) is 15.8. The first kappa shape index (κ1) is 19.0. The third kappa shape index (κ3) is 4.69. The molecule has 0 aliphatic heterocycles. The quantitative estimate of drug-likeness (QED) is 0.479. The summed E-state index contributed by atoms with van der Waals surface area (Å²) < 4.78 is 29.3. The van der Waals surface area contributed by atoms with Gasteiger partial charge in [-0.25, -0.2) is 18.1 Å². The van der Waals surface area contributed by atoms with Gasteiger partial charge in [0.2, 0.25) is 10.0 Å². The number of aryl methyl sites for hydroxylation is 1. The normalized spacial score (nSPS) is 11.4. The third-order valence-corrected chi connectivity index (χ3v) is 5.66. The second-order valence-corrected chi connectivity index (χ2v) is 7.91. The van der Waals surface area contributed by atoms with Crippen molar-refractivity contribution < 1.29 is 13.2 Å². The Bertz CT molecular complexity index is 1010. The molecule has 6 nitrogen and oxygen atoms in total. The summed E-state index contributed by atoms with van der Waals surface area (Å²) in [5, 5.41) is 0. The summed E-state index contributed by atoms with van der Waals surface area (Å²) in [6.07, 6.45) is 4.25. The van der Waals surface area contributed by atoms with Gasteiger partial charge in [-0.1, -0.05) is 42.5 Å². The van der Waals surface area contributed by atoms with Crippen molar-refractivity contribution in [1.82, 2.24) is 14.3 Å². The Morgan fingerprint density at radius 2 is 1.78 bits per heavy atom. The van der Waals surface area contributed by atoms with Crippen LogP contribution < -0.4 is 4.72 Å². The molecule has 0 unspecified atom stereocenters. The summed E-state index contributed by atoms with van der Waals surface area (Å²) in [7, 11) is -3.59. The minimum absolute atomic E-state index is 0.0959.